The van der Waals surface area contributed by atoms with Gasteiger partial charge in [0.05, 0.1) is 11.5 Å². The van der Waals surface area contributed by atoms with Crippen LogP contribution in [0.3, 0.4) is 0 Å². The van der Waals surface area contributed by atoms with Crippen LogP contribution in [0.2, 0.25) is 0 Å². The minimum absolute atomic E-state index is 0.116. The highest BCUT2D eigenvalue weighted by Gasteiger charge is 2.35. The molecule has 27 heavy (non-hydrogen) atoms. The smallest absolute Gasteiger partial charge is 0.264 e. The van der Waals surface area contributed by atoms with Gasteiger partial charge < -0.3 is 9.64 Å². The number of rotatable bonds is 6. The Bertz CT molecular complexity index is 980. The van der Waals surface area contributed by atoms with E-state index in [9.17, 15) is 13.6 Å². The lowest BCUT2D eigenvalue weighted by Gasteiger charge is -2.22. The number of hydrogen-bond donors (Lipinski definition) is 0. The van der Waals surface area contributed by atoms with E-state index in [1.807, 2.05) is 11.0 Å². The third-order valence-electron chi connectivity index (χ3n) is 4.76. The van der Waals surface area contributed by atoms with Gasteiger partial charge >= 0.3 is 0 Å². The zero-order valence-corrected chi connectivity index (χ0v) is 15.7. The maximum atomic E-state index is 14.4. The van der Waals surface area contributed by atoms with Gasteiger partial charge in [0.2, 0.25) is 0 Å². The molecule has 0 spiro atoms. The number of hydrogen-bond acceptors (Lipinski definition) is 3. The van der Waals surface area contributed by atoms with Crippen molar-refractivity contribution in [3.8, 4) is 0 Å². The van der Waals surface area contributed by atoms with E-state index in [1.165, 1.54) is 36.6 Å². The molecule has 3 nitrogen and oxygen atoms in total. The zero-order chi connectivity index (χ0) is 19.0. The predicted molar refractivity (Wildman–Crippen MR) is 102 cm³/mol. The fourth-order valence-electron chi connectivity index (χ4n) is 3.29. The van der Waals surface area contributed by atoms with Crippen molar-refractivity contribution in [1.82, 2.24) is 4.90 Å². The topological polar surface area (TPSA) is 29.5 Å². The summed E-state index contributed by atoms with van der Waals surface area (Å²) in [6.45, 7) is 0.587. The molecule has 1 aliphatic carbocycles. The second-order valence-electron chi connectivity index (χ2n) is 6.75. The number of ether oxygens (including phenoxy) is 1. The minimum atomic E-state index is -0.341. The summed E-state index contributed by atoms with van der Waals surface area (Å²) in [5.41, 5.74) is 1.47. The Morgan fingerprint density at radius 2 is 1.93 bits per heavy atom. The first-order valence-corrected chi connectivity index (χ1v) is 9.64. The molecule has 0 N–H and O–H groups in total. The Balaban J connectivity index is 1.72. The van der Waals surface area contributed by atoms with Crippen LogP contribution in [0.1, 0.15) is 33.6 Å². The van der Waals surface area contributed by atoms with E-state index in [4.69, 9.17) is 4.74 Å². The maximum absolute atomic E-state index is 14.4. The van der Waals surface area contributed by atoms with Crippen LogP contribution in [0, 0.1) is 11.6 Å². The number of nitrogens with zero attached hydrogens (tertiary/aromatic N) is 1. The zero-order valence-electron chi connectivity index (χ0n) is 14.9. The molecule has 1 aliphatic rings. The van der Waals surface area contributed by atoms with Gasteiger partial charge in [-0.1, -0.05) is 18.2 Å². The van der Waals surface area contributed by atoms with E-state index in [2.05, 4.69) is 0 Å². The van der Waals surface area contributed by atoms with Crippen molar-refractivity contribution in [1.29, 1.82) is 0 Å². The number of carbonyl (C=O) groups is 1. The van der Waals surface area contributed by atoms with Crippen molar-refractivity contribution in [2.24, 2.45) is 0 Å². The largest absolute Gasteiger partial charge is 0.380 e. The molecule has 1 saturated carbocycles. The molecule has 0 unspecified atom stereocenters. The molecule has 3 aromatic rings. The molecule has 1 heterocycles. The molecule has 0 radical (unpaired) electrons. The first-order valence-electron chi connectivity index (χ1n) is 8.82. The van der Waals surface area contributed by atoms with Crippen LogP contribution in [0.25, 0.3) is 10.1 Å². The molecule has 2 aromatic carbocycles. The molecule has 1 aromatic heterocycles. The van der Waals surface area contributed by atoms with Gasteiger partial charge in [0.15, 0.2) is 0 Å². The second kappa shape index (κ2) is 7.37. The Kier molecular flexibility index (Phi) is 4.93. The summed E-state index contributed by atoms with van der Waals surface area (Å²) >= 11 is 1.30. The highest BCUT2D eigenvalue weighted by molar-refractivity contribution is 7.21. The van der Waals surface area contributed by atoms with Crippen molar-refractivity contribution >= 4 is 27.3 Å². The quantitative estimate of drug-likeness (QED) is 0.587. The lowest BCUT2D eigenvalue weighted by molar-refractivity contribution is 0.0730. The summed E-state index contributed by atoms with van der Waals surface area (Å²) in [7, 11) is 1.54. The molecule has 0 aliphatic heterocycles. The first-order chi connectivity index (χ1) is 13.1. The van der Waals surface area contributed by atoms with Crippen LogP contribution in [-0.4, -0.2) is 24.0 Å². The predicted octanol–water partition coefficient (Wildman–Crippen LogP) is 5.13. The second-order valence-corrected chi connectivity index (χ2v) is 7.80. The standard InChI is InChI=1S/C21H19F2NO2S/c1-26-12-16-19-17(23)3-2-4-18(19)27-20(16)21(25)24(15-9-10-15)11-13-5-7-14(22)8-6-13/h2-8,15H,9-12H2,1H3. The third-order valence-corrected chi connectivity index (χ3v) is 5.95. The maximum Gasteiger partial charge on any atom is 0.264 e. The lowest BCUT2D eigenvalue weighted by atomic mass is 10.1. The van der Waals surface area contributed by atoms with Crippen LogP contribution in [-0.2, 0) is 17.9 Å². The molecular weight excluding hydrogens is 368 g/mol. The minimum Gasteiger partial charge on any atom is -0.380 e. The molecule has 0 bridgehead atoms. The number of halogens is 2. The molecule has 140 valence electrons. The van der Waals surface area contributed by atoms with Crippen molar-refractivity contribution < 1.29 is 18.3 Å². The van der Waals surface area contributed by atoms with Crippen LogP contribution in [0.4, 0.5) is 8.78 Å². The number of fused-ring (bicyclic) bond motifs is 1. The average molecular weight is 387 g/mol. The van der Waals surface area contributed by atoms with Gasteiger partial charge in [0.25, 0.3) is 5.91 Å². The normalized spacial score (nSPS) is 13.9. The van der Waals surface area contributed by atoms with Gasteiger partial charge in [-0.3, -0.25) is 4.79 Å². The van der Waals surface area contributed by atoms with E-state index < -0.39 is 0 Å². The number of carbonyl (C=O) groups excluding carboxylic acids is 1. The van der Waals surface area contributed by atoms with Gasteiger partial charge in [-0.25, -0.2) is 8.78 Å². The summed E-state index contributed by atoms with van der Waals surface area (Å²) in [6, 6.07) is 11.2. The molecule has 6 heteroatoms. The van der Waals surface area contributed by atoms with Crippen molar-refractivity contribution in [2.75, 3.05) is 7.11 Å². The SMILES string of the molecule is COCc1c(C(=O)N(Cc2ccc(F)cc2)C2CC2)sc2cccc(F)c12. The van der Waals surface area contributed by atoms with Gasteiger partial charge in [-0.2, -0.15) is 0 Å². The van der Waals surface area contributed by atoms with Crippen LogP contribution < -0.4 is 0 Å². The van der Waals surface area contributed by atoms with Crippen LogP contribution in [0.5, 0.6) is 0 Å². The number of thiophene rings is 1. The van der Waals surface area contributed by atoms with Crippen LogP contribution in [0.15, 0.2) is 42.5 Å². The van der Waals surface area contributed by atoms with Gasteiger partial charge in [-0.05, 0) is 42.7 Å². The van der Waals surface area contributed by atoms with E-state index >= 15 is 0 Å². The van der Waals surface area contributed by atoms with Gasteiger partial charge in [0, 0.05) is 35.3 Å². The fourth-order valence-corrected chi connectivity index (χ4v) is 4.47. The van der Waals surface area contributed by atoms with E-state index in [1.54, 1.807) is 18.2 Å². The molecule has 1 fully saturated rings. The fraction of sp³-hybridized carbons (Fsp3) is 0.286. The van der Waals surface area contributed by atoms with E-state index in [-0.39, 0.29) is 30.2 Å². The van der Waals surface area contributed by atoms with E-state index in [0.717, 1.165) is 23.1 Å². The van der Waals surface area contributed by atoms with E-state index in [0.29, 0.717) is 22.4 Å². The Morgan fingerprint density at radius 1 is 1.19 bits per heavy atom. The number of amides is 1. The highest BCUT2D eigenvalue weighted by atomic mass is 32.1. The molecule has 0 atom stereocenters. The summed E-state index contributed by atoms with van der Waals surface area (Å²) in [5, 5.41) is 0.463. The third kappa shape index (κ3) is 3.59. The summed E-state index contributed by atoms with van der Waals surface area (Å²) in [5.74, 6) is -0.758. The molecule has 0 saturated heterocycles. The summed E-state index contributed by atoms with van der Waals surface area (Å²) in [4.78, 5) is 15.7. The molecular formula is C21H19F2NO2S. The monoisotopic (exact) mass is 387 g/mol. The van der Waals surface area contributed by atoms with Gasteiger partial charge in [-0.15, -0.1) is 11.3 Å². The Hall–Kier alpha value is -2.31. The van der Waals surface area contributed by atoms with Gasteiger partial charge in [0.1, 0.15) is 11.6 Å². The van der Waals surface area contributed by atoms with Crippen molar-refractivity contribution in [3.05, 3.63) is 70.1 Å². The lowest BCUT2D eigenvalue weighted by Crippen LogP contribution is -2.32. The van der Waals surface area contributed by atoms with Crippen molar-refractivity contribution in [2.45, 2.75) is 32.0 Å². The summed E-state index contributed by atoms with van der Waals surface area (Å²) < 4.78 is 33.6. The van der Waals surface area contributed by atoms with Crippen molar-refractivity contribution in [3.63, 3.8) is 0 Å². The Morgan fingerprint density at radius 3 is 2.59 bits per heavy atom. The Labute approximate surface area is 160 Å². The number of benzene rings is 2. The van der Waals surface area contributed by atoms with Crippen LogP contribution >= 0.6 is 11.3 Å². The number of methoxy groups -OCH3 is 1. The molecule has 1 amide bonds. The summed E-state index contributed by atoms with van der Waals surface area (Å²) in [6.07, 6.45) is 1.90. The average Bonchev–Trinajstić information content (AvgIpc) is 3.43. The molecule has 4 rings (SSSR count). The first kappa shape index (κ1) is 18.1. The highest BCUT2D eigenvalue weighted by Crippen LogP contribution is 2.37.